The Kier molecular flexibility index (Phi) is 6.11. The van der Waals surface area contributed by atoms with Gasteiger partial charge in [-0.3, -0.25) is 4.79 Å². The van der Waals surface area contributed by atoms with Gasteiger partial charge < -0.3 is 10.6 Å². The van der Waals surface area contributed by atoms with Crippen LogP contribution in [0.25, 0.3) is 0 Å². The number of halogens is 3. The summed E-state index contributed by atoms with van der Waals surface area (Å²) in [4.78, 5) is 16.1. The van der Waals surface area contributed by atoms with E-state index in [2.05, 4.69) is 21.7 Å². The summed E-state index contributed by atoms with van der Waals surface area (Å²) in [6, 6.07) is 4.88. The van der Waals surface area contributed by atoms with E-state index in [9.17, 15) is 18.0 Å². The first-order valence-corrected chi connectivity index (χ1v) is 8.87. The molecule has 1 aliphatic carbocycles. The summed E-state index contributed by atoms with van der Waals surface area (Å²) >= 11 is 0. The van der Waals surface area contributed by atoms with Crippen LogP contribution < -0.4 is 10.6 Å². The summed E-state index contributed by atoms with van der Waals surface area (Å²) in [7, 11) is 0. The van der Waals surface area contributed by atoms with Crippen molar-refractivity contribution in [3.8, 4) is 0 Å². The standard InChI is InChI=1S/C20H20F3N3O/c21-16-8-7-15(18(22)19(16)23)20(27)26-17-9-6-14(12-25-17)24-11-10-13-4-2-1-3-5-13/h4,6-9,12,24H,1-3,5,10-11H2,(H,25,26,27). The fourth-order valence-electron chi connectivity index (χ4n) is 2.96. The first-order chi connectivity index (χ1) is 13.0. The molecule has 27 heavy (non-hydrogen) atoms. The molecule has 0 unspecified atom stereocenters. The van der Waals surface area contributed by atoms with E-state index in [1.54, 1.807) is 18.3 Å². The van der Waals surface area contributed by atoms with Gasteiger partial charge in [0.1, 0.15) is 5.82 Å². The van der Waals surface area contributed by atoms with Crippen molar-refractivity contribution < 1.29 is 18.0 Å². The number of nitrogens with one attached hydrogen (secondary N) is 2. The van der Waals surface area contributed by atoms with Gasteiger partial charge in [0.2, 0.25) is 0 Å². The van der Waals surface area contributed by atoms with Crippen LogP contribution in [0.5, 0.6) is 0 Å². The number of nitrogens with zero attached hydrogens (tertiary/aromatic N) is 1. The van der Waals surface area contributed by atoms with Gasteiger partial charge in [0.05, 0.1) is 17.4 Å². The summed E-state index contributed by atoms with van der Waals surface area (Å²) < 4.78 is 39.8. The normalized spacial score (nSPS) is 13.8. The molecule has 1 aliphatic rings. The number of hydrogen-bond acceptors (Lipinski definition) is 3. The number of benzene rings is 1. The summed E-state index contributed by atoms with van der Waals surface area (Å²) in [5.74, 6) is -5.26. The van der Waals surface area contributed by atoms with Crippen LogP contribution in [0.1, 0.15) is 42.5 Å². The zero-order chi connectivity index (χ0) is 19.2. The highest BCUT2D eigenvalue weighted by molar-refractivity contribution is 6.04. The molecule has 1 aromatic carbocycles. The van der Waals surface area contributed by atoms with E-state index in [-0.39, 0.29) is 5.82 Å². The van der Waals surface area contributed by atoms with Gasteiger partial charge in [0, 0.05) is 6.54 Å². The lowest BCUT2D eigenvalue weighted by molar-refractivity contribution is 0.102. The van der Waals surface area contributed by atoms with Crippen LogP contribution in [-0.2, 0) is 0 Å². The van der Waals surface area contributed by atoms with E-state index in [0.29, 0.717) is 6.07 Å². The van der Waals surface area contributed by atoms with Gasteiger partial charge in [-0.25, -0.2) is 18.2 Å². The molecule has 0 saturated heterocycles. The second kappa shape index (κ2) is 8.70. The number of anilines is 2. The molecule has 0 aliphatic heterocycles. The third-order valence-electron chi connectivity index (χ3n) is 4.45. The molecular formula is C20H20F3N3O. The number of carbonyl (C=O) groups is 1. The lowest BCUT2D eigenvalue weighted by Crippen LogP contribution is -2.16. The van der Waals surface area contributed by atoms with Gasteiger partial charge >= 0.3 is 0 Å². The molecule has 0 fully saturated rings. The van der Waals surface area contributed by atoms with Gasteiger partial charge in [-0.2, -0.15) is 0 Å². The molecule has 2 aromatic rings. The molecule has 0 saturated carbocycles. The minimum Gasteiger partial charge on any atom is -0.383 e. The molecule has 1 heterocycles. The van der Waals surface area contributed by atoms with Crippen LogP contribution in [0.4, 0.5) is 24.7 Å². The van der Waals surface area contributed by atoms with Crippen LogP contribution in [0.2, 0.25) is 0 Å². The molecule has 0 bridgehead atoms. The zero-order valence-corrected chi connectivity index (χ0v) is 14.7. The Morgan fingerprint density at radius 1 is 1.07 bits per heavy atom. The Morgan fingerprint density at radius 2 is 1.93 bits per heavy atom. The van der Waals surface area contributed by atoms with E-state index in [1.807, 2.05) is 0 Å². The van der Waals surface area contributed by atoms with Gasteiger partial charge in [-0.15, -0.1) is 0 Å². The summed E-state index contributed by atoms with van der Waals surface area (Å²) in [6.07, 6.45) is 9.66. The molecule has 0 atom stereocenters. The summed E-state index contributed by atoms with van der Waals surface area (Å²) in [5.41, 5.74) is 1.68. The molecule has 7 heteroatoms. The van der Waals surface area contributed by atoms with E-state index in [0.717, 1.165) is 37.6 Å². The van der Waals surface area contributed by atoms with Gasteiger partial charge in [0.15, 0.2) is 17.5 Å². The molecule has 0 radical (unpaired) electrons. The first-order valence-electron chi connectivity index (χ1n) is 8.87. The van der Waals surface area contributed by atoms with Crippen molar-refractivity contribution >= 4 is 17.4 Å². The number of amides is 1. The Hall–Kier alpha value is -2.83. The highest BCUT2D eigenvalue weighted by Crippen LogP contribution is 2.20. The zero-order valence-electron chi connectivity index (χ0n) is 14.7. The fraction of sp³-hybridized carbons (Fsp3) is 0.300. The molecule has 4 nitrogen and oxygen atoms in total. The highest BCUT2D eigenvalue weighted by atomic mass is 19.2. The summed E-state index contributed by atoms with van der Waals surface area (Å²) in [5, 5.41) is 5.62. The number of allylic oxidation sites excluding steroid dienone is 1. The van der Waals surface area contributed by atoms with Crippen molar-refractivity contribution in [2.75, 3.05) is 17.2 Å². The monoisotopic (exact) mass is 375 g/mol. The van der Waals surface area contributed by atoms with Gasteiger partial charge in [-0.1, -0.05) is 11.6 Å². The third kappa shape index (κ3) is 4.87. The fourth-order valence-corrected chi connectivity index (χ4v) is 2.96. The predicted octanol–water partition coefficient (Wildman–Crippen LogP) is 5.05. The lowest BCUT2D eigenvalue weighted by Gasteiger charge is -2.13. The van der Waals surface area contributed by atoms with Crippen LogP contribution in [0.15, 0.2) is 42.1 Å². The third-order valence-corrected chi connectivity index (χ3v) is 4.45. The molecule has 2 N–H and O–H groups in total. The van der Waals surface area contributed by atoms with Crippen molar-refractivity contribution in [3.63, 3.8) is 0 Å². The minimum absolute atomic E-state index is 0.185. The smallest absolute Gasteiger partial charge is 0.259 e. The number of aromatic nitrogens is 1. The van der Waals surface area contributed by atoms with E-state index >= 15 is 0 Å². The average Bonchev–Trinajstić information content (AvgIpc) is 2.68. The quantitative estimate of drug-likeness (QED) is 0.548. The molecule has 0 spiro atoms. The molecular weight excluding hydrogens is 355 g/mol. The molecule has 3 rings (SSSR count). The van der Waals surface area contributed by atoms with Crippen LogP contribution in [0, 0.1) is 17.5 Å². The maximum Gasteiger partial charge on any atom is 0.259 e. The second-order valence-corrected chi connectivity index (χ2v) is 6.39. The lowest BCUT2D eigenvalue weighted by atomic mass is 9.97. The largest absolute Gasteiger partial charge is 0.383 e. The first kappa shape index (κ1) is 18.9. The second-order valence-electron chi connectivity index (χ2n) is 6.39. The van der Waals surface area contributed by atoms with Crippen molar-refractivity contribution in [1.82, 2.24) is 4.98 Å². The SMILES string of the molecule is O=C(Nc1ccc(NCCC2=CCCCC2)cn1)c1ccc(F)c(F)c1F. The average molecular weight is 375 g/mol. The van der Waals surface area contributed by atoms with E-state index in [4.69, 9.17) is 0 Å². The summed E-state index contributed by atoms with van der Waals surface area (Å²) in [6.45, 7) is 0.791. The van der Waals surface area contributed by atoms with Gasteiger partial charge in [0.25, 0.3) is 5.91 Å². The van der Waals surface area contributed by atoms with Crippen LogP contribution in [0.3, 0.4) is 0 Å². The van der Waals surface area contributed by atoms with Crippen molar-refractivity contribution in [2.24, 2.45) is 0 Å². The Morgan fingerprint density at radius 3 is 2.63 bits per heavy atom. The molecule has 1 amide bonds. The van der Waals surface area contributed by atoms with E-state index in [1.165, 1.54) is 18.4 Å². The minimum atomic E-state index is -1.68. The topological polar surface area (TPSA) is 54.0 Å². The Bertz CT molecular complexity index is 850. The number of carbonyl (C=O) groups excluding carboxylic acids is 1. The molecule has 142 valence electrons. The Balaban J connectivity index is 1.55. The number of pyridine rings is 1. The van der Waals surface area contributed by atoms with Crippen LogP contribution in [-0.4, -0.2) is 17.4 Å². The van der Waals surface area contributed by atoms with Crippen molar-refractivity contribution in [1.29, 1.82) is 0 Å². The Labute approximate surface area is 155 Å². The maximum atomic E-state index is 13.7. The number of rotatable bonds is 6. The van der Waals surface area contributed by atoms with Crippen molar-refractivity contribution in [2.45, 2.75) is 32.1 Å². The maximum absolute atomic E-state index is 13.7. The number of hydrogen-bond donors (Lipinski definition) is 2. The van der Waals surface area contributed by atoms with Crippen LogP contribution >= 0.6 is 0 Å². The predicted molar refractivity (Wildman–Crippen MR) is 98.2 cm³/mol. The van der Waals surface area contributed by atoms with E-state index < -0.39 is 28.9 Å². The van der Waals surface area contributed by atoms with Gasteiger partial charge in [-0.05, 0) is 56.4 Å². The molecule has 1 aromatic heterocycles. The highest BCUT2D eigenvalue weighted by Gasteiger charge is 2.19. The van der Waals surface area contributed by atoms with Crippen molar-refractivity contribution in [3.05, 3.63) is 65.1 Å².